The van der Waals surface area contributed by atoms with Gasteiger partial charge in [0.2, 0.25) is 0 Å². The van der Waals surface area contributed by atoms with Crippen molar-refractivity contribution in [2.24, 2.45) is 11.7 Å². The van der Waals surface area contributed by atoms with Crippen molar-refractivity contribution in [2.45, 2.75) is 13.0 Å². The number of piperidine rings is 1. The molecule has 19 heavy (non-hydrogen) atoms. The molecular formula is C14H18N2O3. The Morgan fingerprint density at radius 2 is 2.11 bits per heavy atom. The Hall–Kier alpha value is -1.88. The number of carbonyl (C=O) groups excluding carboxylic acids is 2. The monoisotopic (exact) mass is 262 g/mol. The number of ketones is 1. The van der Waals surface area contributed by atoms with Gasteiger partial charge in [0.1, 0.15) is 6.61 Å². The van der Waals surface area contributed by atoms with Crippen LogP contribution in [0.4, 0.5) is 4.79 Å². The highest BCUT2D eigenvalue weighted by Crippen LogP contribution is 2.14. The topological polar surface area (TPSA) is 72.6 Å². The molecule has 1 fully saturated rings. The van der Waals surface area contributed by atoms with Crippen LogP contribution in [0.15, 0.2) is 30.3 Å². The molecule has 102 valence electrons. The second kappa shape index (κ2) is 6.33. The minimum atomic E-state index is -0.437. The van der Waals surface area contributed by atoms with Gasteiger partial charge >= 0.3 is 6.09 Å². The molecular weight excluding hydrogens is 244 g/mol. The molecule has 1 unspecified atom stereocenters. The van der Waals surface area contributed by atoms with E-state index in [-0.39, 0.29) is 24.9 Å². The van der Waals surface area contributed by atoms with Gasteiger partial charge in [-0.25, -0.2) is 4.79 Å². The lowest BCUT2D eigenvalue weighted by molar-refractivity contribution is -0.125. The molecule has 5 heteroatoms. The molecule has 1 aliphatic rings. The maximum absolute atomic E-state index is 11.8. The summed E-state index contributed by atoms with van der Waals surface area (Å²) in [7, 11) is 0. The van der Waals surface area contributed by atoms with Crippen LogP contribution in [0.3, 0.4) is 0 Å². The molecule has 0 saturated carbocycles. The predicted octanol–water partition coefficient (Wildman–Crippen LogP) is 1.17. The molecule has 1 heterocycles. The molecule has 1 aromatic rings. The number of hydrogen-bond acceptors (Lipinski definition) is 4. The van der Waals surface area contributed by atoms with E-state index < -0.39 is 6.09 Å². The van der Waals surface area contributed by atoms with E-state index >= 15 is 0 Å². The summed E-state index contributed by atoms with van der Waals surface area (Å²) in [6, 6.07) is 9.46. The highest BCUT2D eigenvalue weighted by molar-refractivity contribution is 5.87. The van der Waals surface area contributed by atoms with Crippen molar-refractivity contribution < 1.29 is 14.3 Å². The Bertz CT molecular complexity index is 447. The first kappa shape index (κ1) is 13.5. The van der Waals surface area contributed by atoms with E-state index in [0.717, 1.165) is 5.56 Å². The van der Waals surface area contributed by atoms with Gasteiger partial charge in [-0.05, 0) is 12.0 Å². The van der Waals surface area contributed by atoms with E-state index in [0.29, 0.717) is 19.5 Å². The first-order valence-electron chi connectivity index (χ1n) is 6.39. The van der Waals surface area contributed by atoms with E-state index in [9.17, 15) is 9.59 Å². The number of carbonyl (C=O) groups is 2. The van der Waals surface area contributed by atoms with Crippen LogP contribution in [-0.2, 0) is 16.1 Å². The van der Waals surface area contributed by atoms with Gasteiger partial charge < -0.3 is 15.4 Å². The predicted molar refractivity (Wildman–Crippen MR) is 70.4 cm³/mol. The lowest BCUT2D eigenvalue weighted by Gasteiger charge is -2.29. The summed E-state index contributed by atoms with van der Waals surface area (Å²) in [6.45, 7) is 1.22. The van der Waals surface area contributed by atoms with Gasteiger partial charge in [-0.1, -0.05) is 30.3 Å². The van der Waals surface area contributed by atoms with Crippen molar-refractivity contribution >= 4 is 11.9 Å². The van der Waals surface area contributed by atoms with E-state index in [1.807, 2.05) is 30.3 Å². The Kier molecular flexibility index (Phi) is 4.52. The van der Waals surface area contributed by atoms with Crippen molar-refractivity contribution in [3.63, 3.8) is 0 Å². The van der Waals surface area contributed by atoms with Gasteiger partial charge in [0.25, 0.3) is 0 Å². The van der Waals surface area contributed by atoms with Crippen molar-refractivity contribution in [3.05, 3.63) is 35.9 Å². The summed E-state index contributed by atoms with van der Waals surface area (Å²) in [5, 5.41) is 0. The van der Waals surface area contributed by atoms with Crippen LogP contribution in [0, 0.1) is 5.92 Å². The first-order chi connectivity index (χ1) is 9.20. The fourth-order valence-electron chi connectivity index (χ4n) is 2.08. The van der Waals surface area contributed by atoms with Gasteiger partial charge in [-0.15, -0.1) is 0 Å². The standard InChI is InChI=1S/C14H18N2O3/c15-8-12-6-7-16(9-13(12)17)14(18)19-10-11-4-2-1-3-5-11/h1-5,12H,6-10,15H2. The van der Waals surface area contributed by atoms with Gasteiger partial charge in [0, 0.05) is 19.0 Å². The van der Waals surface area contributed by atoms with Gasteiger partial charge in [0.05, 0.1) is 6.54 Å². The quantitative estimate of drug-likeness (QED) is 0.887. The summed E-state index contributed by atoms with van der Waals surface area (Å²) in [6.07, 6.45) is 0.183. The number of rotatable bonds is 3. The molecule has 0 bridgehead atoms. The van der Waals surface area contributed by atoms with Crippen molar-refractivity contribution in [1.82, 2.24) is 4.90 Å². The summed E-state index contributed by atoms with van der Waals surface area (Å²) in [5.74, 6) is -0.0939. The van der Waals surface area contributed by atoms with Crippen LogP contribution in [0.5, 0.6) is 0 Å². The number of ether oxygens (including phenoxy) is 1. The summed E-state index contributed by atoms with van der Waals surface area (Å²) in [4.78, 5) is 25.0. The lowest BCUT2D eigenvalue weighted by atomic mass is 9.96. The summed E-state index contributed by atoms with van der Waals surface area (Å²) < 4.78 is 5.19. The van der Waals surface area contributed by atoms with E-state index in [2.05, 4.69) is 0 Å². The maximum atomic E-state index is 11.8. The molecule has 1 aliphatic heterocycles. The molecule has 0 aromatic heterocycles. The number of nitrogens with two attached hydrogens (primary N) is 1. The van der Waals surface area contributed by atoms with Crippen molar-refractivity contribution in [1.29, 1.82) is 0 Å². The second-order valence-corrected chi connectivity index (χ2v) is 4.65. The molecule has 1 saturated heterocycles. The average Bonchev–Trinajstić information content (AvgIpc) is 2.45. The largest absolute Gasteiger partial charge is 0.445 e. The third-order valence-electron chi connectivity index (χ3n) is 3.30. The third kappa shape index (κ3) is 3.54. The van der Waals surface area contributed by atoms with E-state index in [1.165, 1.54) is 4.90 Å². The highest BCUT2D eigenvalue weighted by atomic mass is 16.6. The number of hydrogen-bond donors (Lipinski definition) is 1. The minimum Gasteiger partial charge on any atom is -0.445 e. The van der Waals surface area contributed by atoms with Gasteiger partial charge in [-0.3, -0.25) is 4.79 Å². The molecule has 0 radical (unpaired) electrons. The van der Waals surface area contributed by atoms with Crippen molar-refractivity contribution in [3.8, 4) is 0 Å². The third-order valence-corrected chi connectivity index (χ3v) is 3.30. The fourth-order valence-corrected chi connectivity index (χ4v) is 2.08. The molecule has 0 aliphatic carbocycles. The van der Waals surface area contributed by atoms with Crippen LogP contribution in [0.2, 0.25) is 0 Å². The zero-order chi connectivity index (χ0) is 13.7. The Balaban J connectivity index is 1.83. The zero-order valence-corrected chi connectivity index (χ0v) is 10.7. The molecule has 2 rings (SSSR count). The number of nitrogens with zero attached hydrogens (tertiary/aromatic N) is 1. The molecule has 1 amide bonds. The SMILES string of the molecule is NCC1CCN(C(=O)OCc2ccccc2)CC1=O. The Morgan fingerprint density at radius 1 is 1.37 bits per heavy atom. The van der Waals surface area contributed by atoms with Gasteiger partial charge in [0.15, 0.2) is 5.78 Å². The molecule has 1 atom stereocenters. The van der Waals surface area contributed by atoms with Gasteiger partial charge in [-0.2, -0.15) is 0 Å². The number of Topliss-reactive ketones (excluding diaryl/α,β-unsaturated/α-hetero) is 1. The molecule has 5 nitrogen and oxygen atoms in total. The van der Waals surface area contributed by atoms with Crippen LogP contribution in [0.1, 0.15) is 12.0 Å². The van der Waals surface area contributed by atoms with Crippen LogP contribution < -0.4 is 5.73 Å². The maximum Gasteiger partial charge on any atom is 0.410 e. The fraction of sp³-hybridized carbons (Fsp3) is 0.429. The van der Waals surface area contributed by atoms with Crippen LogP contribution in [-0.4, -0.2) is 36.4 Å². The normalized spacial score (nSPS) is 19.3. The van der Waals surface area contributed by atoms with Crippen molar-refractivity contribution in [2.75, 3.05) is 19.6 Å². The first-order valence-corrected chi connectivity index (χ1v) is 6.39. The van der Waals surface area contributed by atoms with E-state index in [4.69, 9.17) is 10.5 Å². The molecule has 1 aromatic carbocycles. The van der Waals surface area contributed by atoms with E-state index in [1.54, 1.807) is 0 Å². The zero-order valence-electron chi connectivity index (χ0n) is 10.7. The molecule has 2 N–H and O–H groups in total. The average molecular weight is 262 g/mol. The Labute approximate surface area is 112 Å². The molecule has 0 spiro atoms. The highest BCUT2D eigenvalue weighted by Gasteiger charge is 2.29. The minimum absolute atomic E-state index is 0.0189. The van der Waals surface area contributed by atoms with Crippen LogP contribution >= 0.6 is 0 Å². The lowest BCUT2D eigenvalue weighted by Crippen LogP contribution is -2.46. The second-order valence-electron chi connectivity index (χ2n) is 4.65. The number of likely N-dealkylation sites (tertiary alicyclic amines) is 1. The Morgan fingerprint density at radius 3 is 2.74 bits per heavy atom. The smallest absolute Gasteiger partial charge is 0.410 e. The summed E-state index contributed by atoms with van der Waals surface area (Å²) in [5.41, 5.74) is 6.42. The number of amides is 1. The summed E-state index contributed by atoms with van der Waals surface area (Å²) >= 11 is 0. The van der Waals surface area contributed by atoms with Crippen LogP contribution in [0.25, 0.3) is 0 Å². The number of benzene rings is 1.